The monoisotopic (exact) mass is 415 g/mol. The molecule has 0 unspecified atom stereocenters. The van der Waals surface area contributed by atoms with E-state index in [0.717, 1.165) is 6.07 Å². The third-order valence-electron chi connectivity index (χ3n) is 5.38. The third-order valence-corrected chi connectivity index (χ3v) is 5.69. The second-order valence-corrected chi connectivity index (χ2v) is 8.15. The lowest BCUT2D eigenvalue weighted by Gasteiger charge is -2.18. The second kappa shape index (κ2) is 8.41. The van der Waals surface area contributed by atoms with Crippen LogP contribution in [-0.4, -0.2) is 24.4 Å². The van der Waals surface area contributed by atoms with Crippen LogP contribution in [0.5, 0.6) is 0 Å². The van der Waals surface area contributed by atoms with Crippen molar-refractivity contribution < 1.29 is 14.0 Å². The number of nitrogens with one attached hydrogen (secondary N) is 3. The summed E-state index contributed by atoms with van der Waals surface area (Å²) >= 11 is 5.99. The second-order valence-electron chi connectivity index (χ2n) is 7.75. The molecule has 4 rings (SSSR count). The highest BCUT2D eigenvalue weighted by Gasteiger charge is 2.42. The molecule has 0 atom stereocenters. The van der Waals surface area contributed by atoms with E-state index < -0.39 is 11.7 Å². The Bertz CT molecular complexity index is 916. The Morgan fingerprint density at radius 2 is 1.72 bits per heavy atom. The molecule has 2 aliphatic carbocycles. The Hall–Kier alpha value is -2.60. The number of hydrogen-bond donors (Lipinski definition) is 3. The molecule has 0 saturated heterocycles. The van der Waals surface area contributed by atoms with Crippen LogP contribution in [0.2, 0.25) is 5.02 Å². The smallest absolute Gasteiger partial charge is 0.257 e. The van der Waals surface area contributed by atoms with Gasteiger partial charge in [-0.05, 0) is 67.9 Å². The van der Waals surface area contributed by atoms with E-state index in [0.29, 0.717) is 34.8 Å². The van der Waals surface area contributed by atoms with Gasteiger partial charge in [-0.1, -0.05) is 23.7 Å². The van der Waals surface area contributed by atoms with Crippen molar-refractivity contribution in [3.63, 3.8) is 0 Å². The summed E-state index contributed by atoms with van der Waals surface area (Å²) in [6.45, 7) is 0.0948. The van der Waals surface area contributed by atoms with Gasteiger partial charge < -0.3 is 16.0 Å². The number of hydrogen-bond acceptors (Lipinski definition) is 3. The Labute approximate surface area is 174 Å². The normalized spacial score (nSPS) is 15.8. The molecule has 2 saturated carbocycles. The van der Waals surface area contributed by atoms with Gasteiger partial charge in [-0.2, -0.15) is 0 Å². The summed E-state index contributed by atoms with van der Waals surface area (Å²) in [4.78, 5) is 25.1. The first-order valence-corrected chi connectivity index (χ1v) is 10.3. The quantitative estimate of drug-likeness (QED) is 0.596. The number of amides is 2. The molecule has 2 fully saturated rings. The molecule has 0 bridgehead atoms. The zero-order valence-electron chi connectivity index (χ0n) is 15.9. The molecule has 0 aliphatic heterocycles. The van der Waals surface area contributed by atoms with E-state index in [-0.39, 0.29) is 17.5 Å². The van der Waals surface area contributed by atoms with Crippen LogP contribution in [0.15, 0.2) is 42.5 Å². The molecule has 0 heterocycles. The summed E-state index contributed by atoms with van der Waals surface area (Å²) < 4.78 is 13.2. The van der Waals surface area contributed by atoms with Gasteiger partial charge in [0.25, 0.3) is 5.91 Å². The average molecular weight is 416 g/mol. The van der Waals surface area contributed by atoms with Crippen molar-refractivity contribution in [1.29, 1.82) is 0 Å². The lowest BCUT2D eigenvalue weighted by Crippen LogP contribution is -2.41. The van der Waals surface area contributed by atoms with Crippen LogP contribution in [0, 0.1) is 17.7 Å². The number of carbonyl (C=O) groups excluding carboxylic acids is 2. The van der Waals surface area contributed by atoms with Crippen LogP contribution in [0.1, 0.15) is 36.0 Å². The van der Waals surface area contributed by atoms with E-state index in [1.807, 2.05) is 0 Å². The maximum Gasteiger partial charge on any atom is 0.257 e. The van der Waals surface area contributed by atoms with Crippen LogP contribution in [0.4, 0.5) is 15.8 Å². The molecule has 0 radical (unpaired) electrons. The zero-order chi connectivity index (χ0) is 20.4. The minimum Gasteiger partial charge on any atom is -0.376 e. The van der Waals surface area contributed by atoms with Crippen LogP contribution in [0.3, 0.4) is 0 Å². The topological polar surface area (TPSA) is 70.2 Å². The Kier molecular flexibility index (Phi) is 5.72. The van der Waals surface area contributed by atoms with E-state index in [1.165, 1.54) is 37.8 Å². The number of para-hydroxylation sites is 1. The molecule has 3 N–H and O–H groups in total. The Morgan fingerprint density at radius 1 is 1.03 bits per heavy atom. The largest absolute Gasteiger partial charge is 0.376 e. The average Bonchev–Trinajstić information content (AvgIpc) is 3.60. The van der Waals surface area contributed by atoms with Gasteiger partial charge in [0.2, 0.25) is 5.91 Å². The summed E-state index contributed by atoms with van der Waals surface area (Å²) in [6, 6.07) is 11.0. The lowest BCUT2D eigenvalue weighted by molar-refractivity contribution is -0.120. The third kappa shape index (κ3) is 5.07. The van der Waals surface area contributed by atoms with Crippen LogP contribution >= 0.6 is 11.6 Å². The minimum absolute atomic E-state index is 0.0643. The van der Waals surface area contributed by atoms with Gasteiger partial charge >= 0.3 is 0 Å². The van der Waals surface area contributed by atoms with Gasteiger partial charge in [0, 0.05) is 11.7 Å². The molecule has 2 amide bonds. The number of anilines is 2. The molecule has 2 aliphatic rings. The molecule has 0 aromatic heterocycles. The Morgan fingerprint density at radius 3 is 2.38 bits per heavy atom. The number of rotatable bonds is 8. The molecule has 152 valence electrons. The summed E-state index contributed by atoms with van der Waals surface area (Å²) in [6.07, 6.45) is 4.79. The molecule has 5 nitrogen and oxygen atoms in total. The van der Waals surface area contributed by atoms with Crippen LogP contribution in [-0.2, 0) is 4.79 Å². The van der Waals surface area contributed by atoms with E-state index in [1.54, 1.807) is 24.3 Å². The van der Waals surface area contributed by atoms with E-state index in [2.05, 4.69) is 16.0 Å². The van der Waals surface area contributed by atoms with Crippen molar-refractivity contribution in [1.82, 2.24) is 5.32 Å². The maximum absolute atomic E-state index is 13.2. The first kappa shape index (κ1) is 19.7. The molecule has 7 heteroatoms. The standard InChI is InChI=1S/C22H23ClFN3O2/c23-17-11-15(24)9-10-19(17)26-22(29)16-3-1-2-4-18(16)25-12-20(28)27-21(13-5-6-13)14-7-8-14/h1-4,9-11,13-14,21,25H,5-8,12H2,(H,26,29)(H,27,28). The molecular formula is C22H23ClFN3O2. The SMILES string of the molecule is O=C(CNc1ccccc1C(=O)Nc1ccc(F)cc1Cl)NC(C1CC1)C1CC1. The van der Waals surface area contributed by atoms with Crippen molar-refractivity contribution >= 4 is 34.8 Å². The van der Waals surface area contributed by atoms with Gasteiger partial charge in [-0.15, -0.1) is 0 Å². The summed E-state index contributed by atoms with van der Waals surface area (Å²) in [5.74, 6) is 0.327. The number of carbonyl (C=O) groups is 2. The minimum atomic E-state index is -0.475. The summed E-state index contributed by atoms with van der Waals surface area (Å²) in [5.41, 5.74) is 1.25. The predicted octanol–water partition coefficient (Wildman–Crippen LogP) is 4.45. The van der Waals surface area contributed by atoms with Crippen molar-refractivity contribution in [3.8, 4) is 0 Å². The lowest BCUT2D eigenvalue weighted by atomic mass is 10.1. The van der Waals surface area contributed by atoms with Gasteiger partial charge in [-0.25, -0.2) is 4.39 Å². The maximum atomic E-state index is 13.2. The fourth-order valence-corrected chi connectivity index (χ4v) is 3.77. The van der Waals surface area contributed by atoms with Crippen LogP contribution < -0.4 is 16.0 Å². The van der Waals surface area contributed by atoms with Crippen molar-refractivity contribution in [2.75, 3.05) is 17.2 Å². The fourth-order valence-electron chi connectivity index (χ4n) is 3.56. The highest BCUT2D eigenvalue weighted by atomic mass is 35.5. The molecule has 0 spiro atoms. The summed E-state index contributed by atoms with van der Waals surface area (Å²) in [7, 11) is 0. The summed E-state index contributed by atoms with van der Waals surface area (Å²) in [5, 5.41) is 9.02. The molecule has 2 aromatic carbocycles. The van der Waals surface area contributed by atoms with Gasteiger partial charge in [-0.3, -0.25) is 9.59 Å². The van der Waals surface area contributed by atoms with Crippen LogP contribution in [0.25, 0.3) is 0 Å². The van der Waals surface area contributed by atoms with Crippen molar-refractivity contribution in [3.05, 3.63) is 58.9 Å². The highest BCUT2D eigenvalue weighted by molar-refractivity contribution is 6.34. The Balaban J connectivity index is 1.38. The van der Waals surface area contributed by atoms with Crippen molar-refractivity contribution in [2.24, 2.45) is 11.8 Å². The predicted molar refractivity (Wildman–Crippen MR) is 112 cm³/mol. The number of halogens is 2. The van der Waals surface area contributed by atoms with E-state index in [4.69, 9.17) is 11.6 Å². The van der Waals surface area contributed by atoms with Gasteiger partial charge in [0.05, 0.1) is 22.8 Å². The molecular weight excluding hydrogens is 393 g/mol. The molecule has 2 aromatic rings. The van der Waals surface area contributed by atoms with E-state index >= 15 is 0 Å². The molecule has 29 heavy (non-hydrogen) atoms. The van der Waals surface area contributed by atoms with Crippen molar-refractivity contribution in [2.45, 2.75) is 31.7 Å². The number of benzene rings is 2. The van der Waals surface area contributed by atoms with Gasteiger partial charge in [0.1, 0.15) is 5.82 Å². The highest BCUT2D eigenvalue weighted by Crippen LogP contribution is 2.44. The first-order valence-electron chi connectivity index (χ1n) is 9.90. The fraction of sp³-hybridized carbons (Fsp3) is 0.364. The van der Waals surface area contributed by atoms with E-state index in [9.17, 15) is 14.0 Å². The zero-order valence-corrected chi connectivity index (χ0v) is 16.6. The first-order chi connectivity index (χ1) is 14.0. The van der Waals surface area contributed by atoms with Gasteiger partial charge in [0.15, 0.2) is 0 Å².